The van der Waals surface area contributed by atoms with Gasteiger partial charge in [-0.3, -0.25) is 0 Å². The van der Waals surface area contributed by atoms with Gasteiger partial charge in [-0.25, -0.2) is 13.1 Å². The Morgan fingerprint density at radius 1 is 1.04 bits per heavy atom. The Kier molecular flexibility index (Phi) is 6.34. The molecule has 0 atom stereocenters. The Bertz CT molecular complexity index is 825. The van der Waals surface area contributed by atoms with Crippen molar-refractivity contribution in [3.8, 4) is 11.5 Å². The van der Waals surface area contributed by atoms with E-state index < -0.39 is 10.0 Å². The highest BCUT2D eigenvalue weighted by atomic mass is 35.5. The first-order valence-corrected chi connectivity index (χ1v) is 9.27. The third kappa shape index (κ3) is 4.54. The van der Waals surface area contributed by atoms with Gasteiger partial charge >= 0.3 is 0 Å². The van der Waals surface area contributed by atoms with Gasteiger partial charge in [0, 0.05) is 22.7 Å². The Morgan fingerprint density at radius 3 is 2.42 bits per heavy atom. The van der Waals surface area contributed by atoms with E-state index in [-0.39, 0.29) is 17.2 Å². The van der Waals surface area contributed by atoms with E-state index in [4.69, 9.17) is 32.7 Å². The minimum Gasteiger partial charge on any atom is -0.497 e. The maximum atomic E-state index is 12.5. The lowest BCUT2D eigenvalue weighted by Crippen LogP contribution is -2.26. The third-order valence-electron chi connectivity index (χ3n) is 3.36. The van der Waals surface area contributed by atoms with Crippen LogP contribution in [0.5, 0.6) is 11.5 Å². The van der Waals surface area contributed by atoms with Gasteiger partial charge in [-0.15, -0.1) is 0 Å². The molecule has 0 aliphatic carbocycles. The lowest BCUT2D eigenvalue weighted by molar-refractivity contribution is 0.386. The second-order valence-electron chi connectivity index (χ2n) is 4.90. The van der Waals surface area contributed by atoms with Gasteiger partial charge in [-0.2, -0.15) is 0 Å². The molecule has 0 saturated carbocycles. The fourth-order valence-corrected chi connectivity index (χ4v) is 3.80. The Balaban J connectivity index is 2.11. The van der Waals surface area contributed by atoms with E-state index in [1.807, 2.05) is 0 Å². The summed E-state index contributed by atoms with van der Waals surface area (Å²) in [6.07, 6.45) is 0.438. The molecule has 2 aromatic carbocycles. The van der Waals surface area contributed by atoms with Gasteiger partial charge < -0.3 is 9.47 Å². The summed E-state index contributed by atoms with van der Waals surface area (Å²) in [5.74, 6) is 0.727. The minimum absolute atomic E-state index is 0.0491. The van der Waals surface area contributed by atoms with Crippen molar-refractivity contribution in [1.82, 2.24) is 4.72 Å². The molecule has 0 unspecified atom stereocenters. The van der Waals surface area contributed by atoms with Crippen LogP contribution in [-0.4, -0.2) is 29.2 Å². The van der Waals surface area contributed by atoms with E-state index in [0.717, 1.165) is 5.56 Å². The van der Waals surface area contributed by atoms with Crippen molar-refractivity contribution in [3.63, 3.8) is 0 Å². The molecule has 0 spiro atoms. The summed E-state index contributed by atoms with van der Waals surface area (Å²) in [5.41, 5.74) is 0.811. The van der Waals surface area contributed by atoms with E-state index in [2.05, 4.69) is 4.72 Å². The maximum Gasteiger partial charge on any atom is 0.244 e. The number of methoxy groups -OCH3 is 2. The van der Waals surface area contributed by atoms with Crippen LogP contribution >= 0.6 is 23.2 Å². The summed E-state index contributed by atoms with van der Waals surface area (Å²) < 4.78 is 37.6. The largest absolute Gasteiger partial charge is 0.497 e. The zero-order chi connectivity index (χ0) is 17.7. The highest BCUT2D eigenvalue weighted by Crippen LogP contribution is 2.28. The van der Waals surface area contributed by atoms with Crippen LogP contribution < -0.4 is 14.2 Å². The number of benzene rings is 2. The molecule has 0 bridgehead atoms. The summed E-state index contributed by atoms with van der Waals surface area (Å²) in [6.45, 7) is 0.193. The van der Waals surface area contributed by atoms with Crippen molar-refractivity contribution in [2.24, 2.45) is 0 Å². The number of sulfonamides is 1. The maximum absolute atomic E-state index is 12.5. The number of hydrogen-bond acceptors (Lipinski definition) is 4. The lowest BCUT2D eigenvalue weighted by Gasteiger charge is -2.12. The van der Waals surface area contributed by atoms with Crippen molar-refractivity contribution in [2.75, 3.05) is 20.8 Å². The molecule has 0 aliphatic rings. The van der Waals surface area contributed by atoms with Crippen molar-refractivity contribution in [3.05, 3.63) is 52.0 Å². The van der Waals surface area contributed by atoms with Crippen LogP contribution in [0.3, 0.4) is 0 Å². The van der Waals surface area contributed by atoms with Crippen LogP contribution in [-0.2, 0) is 16.4 Å². The van der Waals surface area contributed by atoms with E-state index in [1.165, 1.54) is 26.4 Å². The van der Waals surface area contributed by atoms with E-state index >= 15 is 0 Å². The summed E-state index contributed by atoms with van der Waals surface area (Å²) in [5, 5.41) is 1.04. The zero-order valence-electron chi connectivity index (χ0n) is 13.2. The molecule has 24 heavy (non-hydrogen) atoms. The van der Waals surface area contributed by atoms with Crippen LogP contribution in [0.25, 0.3) is 0 Å². The average molecular weight is 390 g/mol. The molecular weight excluding hydrogens is 373 g/mol. The van der Waals surface area contributed by atoms with Crippen LogP contribution in [0, 0.1) is 0 Å². The van der Waals surface area contributed by atoms with Gasteiger partial charge in [0.15, 0.2) is 0 Å². The molecule has 0 amide bonds. The highest BCUT2D eigenvalue weighted by Gasteiger charge is 2.19. The number of halogens is 2. The summed E-state index contributed by atoms with van der Waals surface area (Å²) in [6, 6.07) is 9.63. The topological polar surface area (TPSA) is 64.6 Å². The van der Waals surface area contributed by atoms with Gasteiger partial charge in [0.2, 0.25) is 10.0 Å². The molecule has 0 fully saturated rings. The molecule has 0 heterocycles. The third-order valence-corrected chi connectivity index (χ3v) is 5.45. The quantitative estimate of drug-likeness (QED) is 0.786. The molecule has 0 radical (unpaired) electrons. The molecular formula is C16H17Cl2NO4S. The van der Waals surface area contributed by atoms with E-state index in [1.54, 1.807) is 24.3 Å². The molecule has 1 N–H and O–H groups in total. The molecule has 0 saturated heterocycles. The first kappa shape index (κ1) is 18.9. The van der Waals surface area contributed by atoms with Crippen molar-refractivity contribution >= 4 is 33.2 Å². The fraction of sp³-hybridized carbons (Fsp3) is 0.250. The van der Waals surface area contributed by atoms with Crippen molar-refractivity contribution in [1.29, 1.82) is 0 Å². The smallest absolute Gasteiger partial charge is 0.244 e. The standard InChI is InChI=1S/C16H17Cl2NO4S/c1-22-13-5-6-16(15(10-13)23-2)24(20,21)19-8-7-11-3-4-12(17)9-14(11)18/h3-6,9-10,19H,7-8H2,1-2H3. The predicted octanol–water partition coefficient (Wildman–Crippen LogP) is 3.53. The number of ether oxygens (including phenoxy) is 2. The van der Waals surface area contributed by atoms with Crippen LogP contribution in [0.15, 0.2) is 41.3 Å². The highest BCUT2D eigenvalue weighted by molar-refractivity contribution is 7.89. The average Bonchev–Trinajstić information content (AvgIpc) is 2.56. The SMILES string of the molecule is COc1ccc(S(=O)(=O)NCCc2ccc(Cl)cc2Cl)c(OC)c1. The summed E-state index contributed by atoms with van der Waals surface area (Å²) in [4.78, 5) is 0.0491. The molecule has 2 rings (SSSR count). The van der Waals surface area contributed by atoms with Gasteiger partial charge in [-0.05, 0) is 36.2 Å². The fourth-order valence-electron chi connectivity index (χ4n) is 2.12. The Hall–Kier alpha value is -1.47. The van der Waals surface area contributed by atoms with E-state index in [0.29, 0.717) is 22.2 Å². The summed E-state index contributed by atoms with van der Waals surface area (Å²) in [7, 11) is -0.818. The van der Waals surface area contributed by atoms with Crippen LogP contribution in [0.4, 0.5) is 0 Å². The predicted molar refractivity (Wildman–Crippen MR) is 94.9 cm³/mol. The second kappa shape index (κ2) is 8.07. The second-order valence-corrected chi connectivity index (χ2v) is 7.48. The molecule has 0 aromatic heterocycles. The van der Waals surface area contributed by atoms with Gasteiger partial charge in [-0.1, -0.05) is 29.3 Å². The number of rotatable bonds is 7. The van der Waals surface area contributed by atoms with Gasteiger partial charge in [0.25, 0.3) is 0 Å². The monoisotopic (exact) mass is 389 g/mol. The Labute approximate surface area is 151 Å². The molecule has 5 nitrogen and oxygen atoms in total. The zero-order valence-corrected chi connectivity index (χ0v) is 15.5. The molecule has 2 aromatic rings. The van der Waals surface area contributed by atoms with Crippen LogP contribution in [0.1, 0.15) is 5.56 Å². The lowest BCUT2D eigenvalue weighted by atomic mass is 10.1. The first-order valence-electron chi connectivity index (χ1n) is 7.03. The Morgan fingerprint density at radius 2 is 1.79 bits per heavy atom. The van der Waals surface area contributed by atoms with E-state index in [9.17, 15) is 8.42 Å². The van der Waals surface area contributed by atoms with Crippen LogP contribution in [0.2, 0.25) is 10.0 Å². The number of nitrogens with one attached hydrogen (secondary N) is 1. The summed E-state index contributed by atoms with van der Waals surface area (Å²) >= 11 is 11.9. The molecule has 8 heteroatoms. The normalized spacial score (nSPS) is 11.3. The molecule has 130 valence electrons. The molecule has 0 aliphatic heterocycles. The van der Waals surface area contributed by atoms with Crippen molar-refractivity contribution < 1.29 is 17.9 Å². The van der Waals surface area contributed by atoms with Crippen molar-refractivity contribution in [2.45, 2.75) is 11.3 Å². The van der Waals surface area contributed by atoms with Gasteiger partial charge in [0.05, 0.1) is 14.2 Å². The minimum atomic E-state index is -3.72. The first-order chi connectivity index (χ1) is 11.4. The number of hydrogen-bond donors (Lipinski definition) is 1. The van der Waals surface area contributed by atoms with Gasteiger partial charge in [0.1, 0.15) is 16.4 Å².